The first kappa shape index (κ1) is 61.3. The second-order valence-electron chi connectivity index (χ2n) is 31.9. The number of para-hydroxylation sites is 3. The van der Waals surface area contributed by atoms with Crippen molar-refractivity contribution in [2.45, 2.75) is 80.2 Å². The third-order valence-corrected chi connectivity index (χ3v) is 26.6. The molecular formula is C98H76B2N4S. The van der Waals surface area contributed by atoms with E-state index >= 15 is 0 Å². The number of hydrogen-bond acceptors (Lipinski definition) is 5. The molecule has 105 heavy (non-hydrogen) atoms. The average Bonchev–Trinajstić information content (AvgIpc) is 1.67. The van der Waals surface area contributed by atoms with Crippen molar-refractivity contribution in [3.8, 4) is 66.8 Å². The van der Waals surface area contributed by atoms with Crippen molar-refractivity contribution in [1.82, 2.24) is 0 Å². The van der Waals surface area contributed by atoms with E-state index in [-0.39, 0.29) is 18.8 Å². The predicted molar refractivity (Wildman–Crippen MR) is 444 cm³/mol. The fourth-order valence-electron chi connectivity index (χ4n) is 21.0. The van der Waals surface area contributed by atoms with Crippen LogP contribution in [0, 0.1) is 17.3 Å². The molecule has 4 atom stereocenters. The van der Waals surface area contributed by atoms with Gasteiger partial charge in [-0.15, -0.1) is 0 Å². The van der Waals surface area contributed by atoms with Gasteiger partial charge in [-0.2, -0.15) is 0 Å². The van der Waals surface area contributed by atoms with Crippen LogP contribution in [0.25, 0.3) is 66.8 Å². The van der Waals surface area contributed by atoms with E-state index in [0.717, 1.165) is 11.8 Å². The zero-order valence-corrected chi connectivity index (χ0v) is 60.1. The molecule has 3 saturated carbocycles. The minimum Gasteiger partial charge on any atom is -0.365 e. The second-order valence-corrected chi connectivity index (χ2v) is 33.0. The Labute approximate surface area is 621 Å². The van der Waals surface area contributed by atoms with Crippen molar-refractivity contribution < 1.29 is 0 Å². The Morgan fingerprint density at radius 2 is 0.714 bits per heavy atom. The standard InChI is InChI=1S/C98H76B2N4S/c1-97(2,3)70-54-88-94-92(55-70)105-91-59-87-83(58-84(91)100(94)81-43-25-27-45-85(81)102(88)73-41-23-10-24-42-73)99-82-44-26-28-46-86(82)103(95-77(64-33-15-6-16-34-64)47-68(62-29-11-4-12-30-62)48-78(95)65-35-17-7-18-36-65)89-56-74(101-75-52-71-51-72-53-76(101)61-98(71,72)60-75)57-90(93(89)99)104(87)96-79(66-37-19-8-20-38-66)49-69(63-31-13-5-14-32-63)50-80(96)67-39-21-9-22-40-67/h4-50,54-59,71-72,75-76H,51-53,60-61H2,1-3H3. The summed E-state index contributed by atoms with van der Waals surface area (Å²) in [5.74, 6) is 1.62. The summed E-state index contributed by atoms with van der Waals surface area (Å²) in [7, 11) is 0. The molecule has 0 N–H and O–H groups in total. The Morgan fingerprint density at radius 3 is 1.18 bits per heavy atom. The Balaban J connectivity index is 0.895. The van der Waals surface area contributed by atoms with Crippen molar-refractivity contribution in [2.75, 3.05) is 19.6 Å². The maximum atomic E-state index is 3.02. The third kappa shape index (κ3) is 9.29. The van der Waals surface area contributed by atoms with Crippen molar-refractivity contribution in [3.05, 3.63) is 327 Å². The maximum Gasteiger partial charge on any atom is 0.252 e. The van der Waals surface area contributed by atoms with Crippen LogP contribution in [0.5, 0.6) is 0 Å². The molecule has 1 spiro atoms. The third-order valence-electron chi connectivity index (χ3n) is 25.5. The number of hydrogen-bond donors (Lipinski definition) is 0. The number of piperidine rings is 1. The lowest BCUT2D eigenvalue weighted by atomic mass is 9.31. The van der Waals surface area contributed by atoms with Crippen LogP contribution in [0.4, 0.5) is 56.9 Å². The Morgan fingerprint density at radius 1 is 0.314 bits per heavy atom. The fraction of sp³-hybridized carbons (Fsp3) is 0.143. The van der Waals surface area contributed by atoms with E-state index in [1.807, 2.05) is 11.8 Å². The highest BCUT2D eigenvalue weighted by Crippen LogP contribution is 2.73. The topological polar surface area (TPSA) is 13.0 Å². The van der Waals surface area contributed by atoms with Gasteiger partial charge in [0.05, 0.1) is 11.4 Å². The molecule has 500 valence electrons. The Kier molecular flexibility index (Phi) is 13.6. The predicted octanol–water partition coefficient (Wildman–Crippen LogP) is 21.6. The molecule has 8 aliphatic rings. The van der Waals surface area contributed by atoms with Gasteiger partial charge in [-0.3, -0.25) is 0 Å². The van der Waals surface area contributed by atoms with Crippen LogP contribution in [-0.2, 0) is 5.41 Å². The van der Waals surface area contributed by atoms with E-state index in [9.17, 15) is 0 Å². The molecule has 4 unspecified atom stereocenters. The minimum atomic E-state index is -0.186. The molecule has 0 aromatic heterocycles. The lowest BCUT2D eigenvalue weighted by molar-refractivity contribution is 0.00224. The van der Waals surface area contributed by atoms with Crippen LogP contribution in [0.15, 0.2) is 331 Å². The lowest BCUT2D eigenvalue weighted by Gasteiger charge is -2.49. The van der Waals surface area contributed by atoms with Crippen molar-refractivity contribution in [1.29, 1.82) is 0 Å². The number of anilines is 10. The SMILES string of the molecule is CC(C)(C)c1cc2c3c(c1)N(c1ccccc1)c1ccccc1B3c1cc3c(cc1S2)N(c1c(-c2ccccc2)cc(-c2ccccc2)cc1-c1ccccc1)c1cc(N2C4CC5CC6CC2CC56C4)cc2c1B3c1ccccc1N2c1c(-c2ccccc2)cc(-c2ccccc2)cc1-c1ccccc1. The first-order chi connectivity index (χ1) is 51.7. The number of rotatable bonds is 10. The maximum absolute atomic E-state index is 3.02. The molecule has 3 aliphatic carbocycles. The molecule has 0 radical (unpaired) electrons. The zero-order chi connectivity index (χ0) is 69.4. The van der Waals surface area contributed by atoms with Crippen LogP contribution in [0.2, 0.25) is 0 Å². The summed E-state index contributed by atoms with van der Waals surface area (Å²) in [5, 5.41) is 0. The van der Waals surface area contributed by atoms with Gasteiger partial charge >= 0.3 is 0 Å². The average molecular weight is 1360 g/mol. The van der Waals surface area contributed by atoms with Gasteiger partial charge < -0.3 is 19.6 Å². The van der Waals surface area contributed by atoms with Gasteiger partial charge in [-0.1, -0.05) is 281 Å². The summed E-state index contributed by atoms with van der Waals surface area (Å²) in [6, 6.07) is 124. The molecule has 5 heterocycles. The normalized spacial score (nSPS) is 19.3. The smallest absolute Gasteiger partial charge is 0.252 e. The van der Waals surface area contributed by atoms with Gasteiger partial charge in [0.2, 0.25) is 6.71 Å². The van der Waals surface area contributed by atoms with E-state index in [2.05, 4.69) is 362 Å². The second kappa shape index (κ2) is 23.4. The molecule has 4 fully saturated rings. The van der Waals surface area contributed by atoms with E-state index in [1.54, 1.807) is 0 Å². The lowest BCUT2D eigenvalue weighted by Crippen LogP contribution is -2.64. The van der Waals surface area contributed by atoms with Crippen LogP contribution in [-0.4, -0.2) is 25.5 Å². The van der Waals surface area contributed by atoms with Gasteiger partial charge in [0.25, 0.3) is 6.71 Å². The van der Waals surface area contributed by atoms with Crippen LogP contribution >= 0.6 is 11.8 Å². The molecule has 1 saturated heterocycles. The quantitative estimate of drug-likeness (QED) is 0.126. The first-order valence-electron chi connectivity index (χ1n) is 38.0. The summed E-state index contributed by atoms with van der Waals surface area (Å²) in [5.41, 5.74) is 36.2. The molecular weight excluding hydrogens is 1290 g/mol. The molecule has 5 aliphatic heterocycles. The first-order valence-corrected chi connectivity index (χ1v) is 38.8. The van der Waals surface area contributed by atoms with Gasteiger partial charge in [0.15, 0.2) is 0 Å². The Hall–Kier alpha value is -11.2. The summed E-state index contributed by atoms with van der Waals surface area (Å²) in [6.07, 6.45) is 6.53. The van der Waals surface area contributed by atoms with Crippen molar-refractivity contribution >= 4 is 115 Å². The van der Waals surface area contributed by atoms with E-state index < -0.39 is 0 Å². The molecule has 22 rings (SSSR count). The molecule has 7 heteroatoms. The van der Waals surface area contributed by atoms with Crippen LogP contribution in [0.3, 0.4) is 0 Å². The minimum absolute atomic E-state index is 0.0566. The summed E-state index contributed by atoms with van der Waals surface area (Å²) in [4.78, 5) is 13.8. The van der Waals surface area contributed by atoms with Gasteiger partial charge in [-0.25, -0.2) is 0 Å². The number of fused-ring (bicyclic) bond motifs is 10. The zero-order valence-electron chi connectivity index (χ0n) is 59.3. The summed E-state index contributed by atoms with van der Waals surface area (Å²) >= 11 is 1.99. The number of benzene rings is 14. The Bertz CT molecular complexity index is 5700. The van der Waals surface area contributed by atoms with Crippen LogP contribution < -0.4 is 52.4 Å². The van der Waals surface area contributed by atoms with E-state index in [1.165, 1.54) is 204 Å². The largest absolute Gasteiger partial charge is 0.365 e. The summed E-state index contributed by atoms with van der Waals surface area (Å²) in [6.45, 7) is 6.90. The van der Waals surface area contributed by atoms with Crippen molar-refractivity contribution in [3.63, 3.8) is 0 Å². The van der Waals surface area contributed by atoms with Gasteiger partial charge in [0, 0.05) is 89.6 Å². The van der Waals surface area contributed by atoms with Crippen molar-refractivity contribution in [2.24, 2.45) is 17.3 Å². The summed E-state index contributed by atoms with van der Waals surface area (Å²) < 4.78 is 0. The molecule has 4 nitrogen and oxygen atoms in total. The molecule has 14 aromatic carbocycles. The monoisotopic (exact) mass is 1360 g/mol. The highest BCUT2D eigenvalue weighted by Gasteiger charge is 2.69. The van der Waals surface area contributed by atoms with Gasteiger partial charge in [0.1, 0.15) is 0 Å². The van der Waals surface area contributed by atoms with E-state index in [4.69, 9.17) is 0 Å². The number of nitrogens with zero attached hydrogens (tertiary/aromatic N) is 4. The van der Waals surface area contributed by atoms with Gasteiger partial charge in [-0.05, 0) is 211 Å². The van der Waals surface area contributed by atoms with Crippen LogP contribution in [0.1, 0.15) is 58.4 Å². The fourth-order valence-corrected chi connectivity index (χ4v) is 22.2. The molecule has 3 bridgehead atoms. The highest BCUT2D eigenvalue weighted by atomic mass is 32.2. The molecule has 0 amide bonds. The molecule has 14 aromatic rings. The highest BCUT2D eigenvalue weighted by molar-refractivity contribution is 8.00. The van der Waals surface area contributed by atoms with E-state index in [0.29, 0.717) is 17.5 Å².